The molecule has 1 aliphatic heterocycles. The molecule has 0 aromatic heterocycles. The third-order valence-electron chi connectivity index (χ3n) is 3.98. The van der Waals surface area contributed by atoms with Gasteiger partial charge in [0.25, 0.3) is 0 Å². The summed E-state index contributed by atoms with van der Waals surface area (Å²) < 4.78 is 5.46. The molecule has 2 aliphatic rings. The van der Waals surface area contributed by atoms with E-state index in [4.69, 9.17) is 4.74 Å². The van der Waals surface area contributed by atoms with Crippen molar-refractivity contribution in [1.29, 1.82) is 0 Å². The number of carbonyl (C=O) groups is 1. The molecule has 0 aromatic rings. The Labute approximate surface area is 111 Å². The molecule has 1 heterocycles. The number of hydrogen-bond donors (Lipinski definition) is 0. The van der Waals surface area contributed by atoms with E-state index in [0.717, 1.165) is 31.2 Å². The normalized spacial score (nSPS) is 29.2. The number of hydrogen-bond acceptors (Lipinski definition) is 2. The minimum absolute atomic E-state index is 0.139. The second-order valence-corrected chi connectivity index (χ2v) is 7.09. The highest BCUT2D eigenvalue weighted by atomic mass is 16.6. The fourth-order valence-corrected chi connectivity index (χ4v) is 2.90. The second-order valence-electron chi connectivity index (χ2n) is 7.09. The van der Waals surface area contributed by atoms with Gasteiger partial charge in [-0.15, -0.1) is 0 Å². The van der Waals surface area contributed by atoms with Crippen LogP contribution in [-0.4, -0.2) is 29.2 Å². The summed E-state index contributed by atoms with van der Waals surface area (Å²) in [6, 6.07) is 0.331. The van der Waals surface area contributed by atoms with Gasteiger partial charge in [-0.2, -0.15) is 0 Å². The Morgan fingerprint density at radius 1 is 1.22 bits per heavy atom. The van der Waals surface area contributed by atoms with Gasteiger partial charge in [0.05, 0.1) is 0 Å². The molecule has 3 nitrogen and oxygen atoms in total. The molecule has 2 atom stereocenters. The van der Waals surface area contributed by atoms with E-state index in [9.17, 15) is 4.79 Å². The summed E-state index contributed by atoms with van der Waals surface area (Å²) in [4.78, 5) is 14.0. The van der Waals surface area contributed by atoms with Crippen LogP contribution in [0, 0.1) is 11.8 Å². The van der Waals surface area contributed by atoms with Crippen molar-refractivity contribution in [1.82, 2.24) is 4.90 Å². The molecule has 0 bridgehead atoms. The Hall–Kier alpha value is -0.730. The highest BCUT2D eigenvalue weighted by Gasteiger charge is 2.34. The largest absolute Gasteiger partial charge is 0.444 e. The zero-order valence-electron chi connectivity index (χ0n) is 12.2. The third-order valence-corrected chi connectivity index (χ3v) is 3.98. The summed E-state index contributed by atoms with van der Waals surface area (Å²) in [6.45, 7) is 8.80. The summed E-state index contributed by atoms with van der Waals surface area (Å²) in [5.41, 5.74) is -0.387. The van der Waals surface area contributed by atoms with E-state index < -0.39 is 0 Å². The van der Waals surface area contributed by atoms with Gasteiger partial charge in [0.2, 0.25) is 0 Å². The number of likely N-dealkylation sites (tertiary alicyclic amines) is 1. The number of amides is 1. The van der Waals surface area contributed by atoms with Crippen molar-refractivity contribution in [2.75, 3.05) is 6.54 Å². The summed E-state index contributed by atoms with van der Waals surface area (Å²) in [5.74, 6) is 1.82. The highest BCUT2D eigenvalue weighted by Crippen LogP contribution is 2.39. The van der Waals surface area contributed by atoms with Gasteiger partial charge in [-0.3, -0.25) is 0 Å². The lowest BCUT2D eigenvalue weighted by Gasteiger charge is -2.38. The molecule has 0 N–H and O–H groups in total. The van der Waals surface area contributed by atoms with Gasteiger partial charge in [0.1, 0.15) is 5.60 Å². The zero-order valence-corrected chi connectivity index (χ0v) is 12.2. The maximum atomic E-state index is 12.1. The number of nitrogens with zero attached hydrogens (tertiary/aromatic N) is 1. The van der Waals surface area contributed by atoms with E-state index in [1.807, 2.05) is 25.7 Å². The van der Waals surface area contributed by atoms with Gasteiger partial charge in [-0.05, 0) is 58.8 Å². The van der Waals surface area contributed by atoms with Gasteiger partial charge in [-0.1, -0.05) is 12.8 Å². The summed E-state index contributed by atoms with van der Waals surface area (Å²) in [6.07, 6.45) is 6.41. The van der Waals surface area contributed by atoms with Crippen molar-refractivity contribution < 1.29 is 9.53 Å². The quantitative estimate of drug-likeness (QED) is 0.748. The molecule has 3 heteroatoms. The maximum Gasteiger partial charge on any atom is 0.410 e. The lowest BCUT2D eigenvalue weighted by Crippen LogP contribution is -2.46. The molecule has 2 rings (SSSR count). The molecule has 104 valence electrons. The van der Waals surface area contributed by atoms with Crippen LogP contribution in [0.4, 0.5) is 4.79 Å². The van der Waals surface area contributed by atoms with Crippen molar-refractivity contribution in [2.24, 2.45) is 11.8 Å². The first kappa shape index (κ1) is 13.7. The Balaban J connectivity index is 1.82. The Kier molecular flexibility index (Phi) is 3.88. The summed E-state index contributed by atoms with van der Waals surface area (Å²) >= 11 is 0. The van der Waals surface area contributed by atoms with E-state index in [-0.39, 0.29) is 11.7 Å². The third kappa shape index (κ3) is 3.89. The maximum absolute atomic E-state index is 12.1. The van der Waals surface area contributed by atoms with Crippen molar-refractivity contribution in [3.8, 4) is 0 Å². The van der Waals surface area contributed by atoms with Crippen LogP contribution >= 0.6 is 0 Å². The van der Waals surface area contributed by atoms with Crippen LogP contribution < -0.4 is 0 Å². The number of piperidine rings is 1. The highest BCUT2D eigenvalue weighted by molar-refractivity contribution is 5.68. The second kappa shape index (κ2) is 5.10. The van der Waals surface area contributed by atoms with Crippen LogP contribution in [0.1, 0.15) is 59.8 Å². The molecule has 1 aliphatic carbocycles. The molecule has 0 aromatic carbocycles. The van der Waals surface area contributed by atoms with Gasteiger partial charge in [-0.25, -0.2) is 4.79 Å². The van der Waals surface area contributed by atoms with Gasteiger partial charge >= 0.3 is 6.09 Å². The topological polar surface area (TPSA) is 29.5 Å². The molecular weight excluding hydrogens is 226 g/mol. The summed E-state index contributed by atoms with van der Waals surface area (Å²) in [7, 11) is 0. The smallest absolute Gasteiger partial charge is 0.410 e. The predicted octanol–water partition coefficient (Wildman–Crippen LogP) is 3.82. The van der Waals surface area contributed by atoms with Crippen LogP contribution in [0.2, 0.25) is 0 Å². The van der Waals surface area contributed by atoms with Crippen molar-refractivity contribution in [2.45, 2.75) is 71.4 Å². The molecule has 18 heavy (non-hydrogen) atoms. The lowest BCUT2D eigenvalue weighted by atomic mass is 9.88. The van der Waals surface area contributed by atoms with E-state index >= 15 is 0 Å². The van der Waals surface area contributed by atoms with Gasteiger partial charge < -0.3 is 9.64 Å². The van der Waals surface area contributed by atoms with Gasteiger partial charge in [0.15, 0.2) is 0 Å². The standard InChI is InChI=1S/C15H27NO2/c1-11-9-13(10-12-5-6-12)7-8-16(11)14(17)18-15(2,3)4/h11-13H,5-10H2,1-4H3. The average Bonchev–Trinajstić information content (AvgIpc) is 2.98. The van der Waals surface area contributed by atoms with Crippen molar-refractivity contribution >= 4 is 6.09 Å². The van der Waals surface area contributed by atoms with E-state index in [1.165, 1.54) is 19.3 Å². The number of ether oxygens (including phenoxy) is 1. The zero-order chi connectivity index (χ0) is 13.3. The van der Waals surface area contributed by atoms with E-state index in [0.29, 0.717) is 6.04 Å². The van der Waals surface area contributed by atoms with Crippen LogP contribution in [0.15, 0.2) is 0 Å². The average molecular weight is 253 g/mol. The lowest BCUT2D eigenvalue weighted by molar-refractivity contribution is 0.00648. The first-order valence-corrected chi connectivity index (χ1v) is 7.35. The number of carbonyl (C=O) groups excluding carboxylic acids is 1. The molecule has 2 fully saturated rings. The monoisotopic (exact) mass is 253 g/mol. The summed E-state index contributed by atoms with van der Waals surface area (Å²) in [5, 5.41) is 0. The van der Waals surface area contributed by atoms with Gasteiger partial charge in [0, 0.05) is 12.6 Å². The van der Waals surface area contributed by atoms with Crippen LogP contribution in [0.5, 0.6) is 0 Å². The fraction of sp³-hybridized carbons (Fsp3) is 0.933. The van der Waals surface area contributed by atoms with E-state index in [1.54, 1.807) is 0 Å². The van der Waals surface area contributed by atoms with Crippen LogP contribution in [0.25, 0.3) is 0 Å². The molecule has 1 saturated heterocycles. The SMILES string of the molecule is CC1CC(CC2CC2)CCN1C(=O)OC(C)(C)C. The number of rotatable bonds is 2. The van der Waals surface area contributed by atoms with Crippen LogP contribution in [0.3, 0.4) is 0 Å². The molecular formula is C15H27NO2. The van der Waals surface area contributed by atoms with Crippen molar-refractivity contribution in [3.63, 3.8) is 0 Å². The first-order chi connectivity index (χ1) is 8.35. The van der Waals surface area contributed by atoms with Crippen molar-refractivity contribution in [3.05, 3.63) is 0 Å². The minimum atomic E-state index is -0.387. The van der Waals surface area contributed by atoms with E-state index in [2.05, 4.69) is 6.92 Å². The Bertz CT molecular complexity index is 304. The molecule has 1 saturated carbocycles. The first-order valence-electron chi connectivity index (χ1n) is 7.35. The Morgan fingerprint density at radius 3 is 2.39 bits per heavy atom. The fourth-order valence-electron chi connectivity index (χ4n) is 2.90. The Morgan fingerprint density at radius 2 is 1.89 bits per heavy atom. The predicted molar refractivity (Wildman–Crippen MR) is 72.5 cm³/mol. The molecule has 2 unspecified atom stereocenters. The molecule has 0 radical (unpaired) electrons. The molecule has 1 amide bonds. The minimum Gasteiger partial charge on any atom is -0.444 e. The van der Waals surface area contributed by atoms with Crippen LogP contribution in [-0.2, 0) is 4.74 Å². The molecule has 0 spiro atoms.